The van der Waals surface area contributed by atoms with Gasteiger partial charge in [0, 0.05) is 0 Å². The third kappa shape index (κ3) is 3.46. The Morgan fingerprint density at radius 2 is 2.00 bits per heavy atom. The first-order valence-corrected chi connectivity index (χ1v) is 7.60. The van der Waals surface area contributed by atoms with Crippen LogP contribution in [0.25, 0.3) is 11.0 Å². The summed E-state index contributed by atoms with van der Waals surface area (Å²) in [6, 6.07) is 13.4. The molecule has 0 aliphatic carbocycles. The first kappa shape index (κ1) is 15.0. The predicted octanol–water partition coefficient (Wildman–Crippen LogP) is 3.42. The fraction of sp³-hybridized carbons (Fsp3) is 0.294. The average molecular weight is 306 g/mol. The highest BCUT2D eigenvalue weighted by Gasteiger charge is 2.18. The van der Waals surface area contributed by atoms with Crippen LogP contribution in [-0.4, -0.2) is 20.2 Å². The Kier molecular flexibility index (Phi) is 4.20. The second-order valence-corrected chi connectivity index (χ2v) is 5.88. The van der Waals surface area contributed by atoms with Crippen molar-refractivity contribution in [2.45, 2.75) is 26.3 Å². The number of nitrogens with one attached hydrogen (secondary N) is 2. The number of nitriles is 1. The van der Waals surface area contributed by atoms with E-state index in [1.165, 1.54) is 0 Å². The number of H-pyrrole nitrogens is 1. The highest BCUT2D eigenvalue weighted by molar-refractivity contribution is 5.74. The molecule has 0 bridgehead atoms. The largest absolute Gasteiger partial charge is 0.359 e. The zero-order valence-corrected chi connectivity index (χ0v) is 13.1. The van der Waals surface area contributed by atoms with Crippen molar-refractivity contribution in [2.24, 2.45) is 5.92 Å². The average Bonchev–Trinajstić information content (AvgIpc) is 2.98. The molecule has 3 aromatic rings. The summed E-state index contributed by atoms with van der Waals surface area (Å²) in [7, 11) is 0. The minimum atomic E-state index is 0.00429. The molecule has 0 saturated heterocycles. The minimum Gasteiger partial charge on any atom is -0.359 e. The molecular formula is C17H18N6. The van der Waals surface area contributed by atoms with Gasteiger partial charge < -0.3 is 10.3 Å². The Labute approximate surface area is 134 Å². The second kappa shape index (κ2) is 6.44. The summed E-state index contributed by atoms with van der Waals surface area (Å²) in [4.78, 5) is 8.05. The lowest BCUT2D eigenvalue weighted by molar-refractivity contribution is 0.517. The molecule has 0 aliphatic rings. The Morgan fingerprint density at radius 1 is 1.17 bits per heavy atom. The maximum atomic E-state index is 8.80. The van der Waals surface area contributed by atoms with Crippen LogP contribution in [0.1, 0.15) is 37.8 Å². The van der Waals surface area contributed by atoms with E-state index in [-0.39, 0.29) is 6.04 Å². The van der Waals surface area contributed by atoms with E-state index in [1.807, 2.05) is 30.3 Å². The molecular weight excluding hydrogens is 288 g/mol. The lowest BCUT2D eigenvalue weighted by atomic mass is 10.0. The van der Waals surface area contributed by atoms with E-state index in [1.54, 1.807) is 12.1 Å². The van der Waals surface area contributed by atoms with Crippen LogP contribution in [0.4, 0.5) is 5.82 Å². The summed E-state index contributed by atoms with van der Waals surface area (Å²) in [5, 5.41) is 20.1. The zero-order chi connectivity index (χ0) is 16.2. The van der Waals surface area contributed by atoms with Gasteiger partial charge in [0.2, 0.25) is 0 Å². The molecule has 1 atom stereocenters. The van der Waals surface area contributed by atoms with Gasteiger partial charge in [-0.05, 0) is 36.6 Å². The molecule has 1 aromatic carbocycles. The lowest BCUT2D eigenvalue weighted by Crippen LogP contribution is -2.16. The maximum Gasteiger partial charge on any atom is 0.163 e. The number of hydrogen-bond acceptors (Lipinski definition) is 5. The van der Waals surface area contributed by atoms with Crippen molar-refractivity contribution in [3.63, 3.8) is 0 Å². The highest BCUT2D eigenvalue weighted by Crippen LogP contribution is 2.25. The maximum absolute atomic E-state index is 8.80. The standard InChI is InChI=1S/C17H18N6/c1-11(2)9-15(19-16-8-7-12(10-18)22-23-16)17-20-13-5-3-4-6-14(13)21-17/h3-8,11,15H,9H2,1-2H3,(H,19,23)(H,20,21). The Bertz CT molecular complexity index is 795. The number of rotatable bonds is 5. The fourth-order valence-corrected chi connectivity index (χ4v) is 2.50. The van der Waals surface area contributed by atoms with Gasteiger partial charge in [0.1, 0.15) is 17.7 Å². The fourth-order valence-electron chi connectivity index (χ4n) is 2.50. The van der Waals surface area contributed by atoms with Gasteiger partial charge >= 0.3 is 0 Å². The molecule has 0 aliphatic heterocycles. The summed E-state index contributed by atoms with van der Waals surface area (Å²) in [5.41, 5.74) is 2.27. The van der Waals surface area contributed by atoms with Crippen LogP contribution in [0.2, 0.25) is 0 Å². The van der Waals surface area contributed by atoms with Crippen LogP contribution in [0.5, 0.6) is 0 Å². The van der Waals surface area contributed by atoms with Crippen molar-refractivity contribution in [2.75, 3.05) is 5.32 Å². The second-order valence-electron chi connectivity index (χ2n) is 5.88. The van der Waals surface area contributed by atoms with E-state index in [9.17, 15) is 0 Å². The normalized spacial score (nSPS) is 12.3. The van der Waals surface area contributed by atoms with Crippen LogP contribution >= 0.6 is 0 Å². The number of fused-ring (bicyclic) bond motifs is 1. The van der Waals surface area contributed by atoms with E-state index >= 15 is 0 Å². The van der Waals surface area contributed by atoms with Crippen LogP contribution in [0.15, 0.2) is 36.4 Å². The molecule has 0 saturated carbocycles. The van der Waals surface area contributed by atoms with Crippen molar-refractivity contribution in [3.05, 3.63) is 47.9 Å². The van der Waals surface area contributed by atoms with Gasteiger partial charge in [0.15, 0.2) is 5.69 Å². The Morgan fingerprint density at radius 3 is 2.65 bits per heavy atom. The van der Waals surface area contributed by atoms with Gasteiger partial charge in [0.25, 0.3) is 0 Å². The van der Waals surface area contributed by atoms with Crippen molar-refractivity contribution in [1.82, 2.24) is 20.2 Å². The molecule has 1 unspecified atom stereocenters. The molecule has 2 aromatic heterocycles. The lowest BCUT2D eigenvalue weighted by Gasteiger charge is -2.18. The molecule has 0 fully saturated rings. The molecule has 2 heterocycles. The van der Waals surface area contributed by atoms with E-state index in [0.29, 0.717) is 17.4 Å². The first-order chi connectivity index (χ1) is 11.2. The summed E-state index contributed by atoms with van der Waals surface area (Å²) in [5.74, 6) is 2.01. The van der Waals surface area contributed by atoms with E-state index in [4.69, 9.17) is 5.26 Å². The molecule has 2 N–H and O–H groups in total. The minimum absolute atomic E-state index is 0.00429. The van der Waals surface area contributed by atoms with Gasteiger partial charge in [-0.2, -0.15) is 5.26 Å². The number of aromatic nitrogens is 4. The molecule has 6 nitrogen and oxygen atoms in total. The van der Waals surface area contributed by atoms with Crippen LogP contribution in [-0.2, 0) is 0 Å². The van der Waals surface area contributed by atoms with E-state index in [2.05, 4.69) is 39.3 Å². The van der Waals surface area contributed by atoms with E-state index in [0.717, 1.165) is 23.3 Å². The van der Waals surface area contributed by atoms with Gasteiger partial charge in [-0.3, -0.25) is 0 Å². The van der Waals surface area contributed by atoms with Crippen molar-refractivity contribution < 1.29 is 0 Å². The first-order valence-electron chi connectivity index (χ1n) is 7.60. The quantitative estimate of drug-likeness (QED) is 0.753. The number of aromatic amines is 1. The van der Waals surface area contributed by atoms with Crippen LogP contribution in [0, 0.1) is 17.2 Å². The molecule has 3 rings (SSSR count). The third-order valence-electron chi connectivity index (χ3n) is 3.55. The van der Waals surface area contributed by atoms with Crippen LogP contribution < -0.4 is 5.32 Å². The molecule has 6 heteroatoms. The summed E-state index contributed by atoms with van der Waals surface area (Å²) in [6.07, 6.45) is 0.904. The summed E-state index contributed by atoms with van der Waals surface area (Å²) < 4.78 is 0. The summed E-state index contributed by atoms with van der Waals surface area (Å²) in [6.45, 7) is 4.34. The monoisotopic (exact) mass is 306 g/mol. The van der Waals surface area contributed by atoms with Gasteiger partial charge in [-0.15, -0.1) is 10.2 Å². The van der Waals surface area contributed by atoms with Crippen molar-refractivity contribution in [3.8, 4) is 6.07 Å². The molecule has 0 amide bonds. The topological polar surface area (TPSA) is 90.3 Å². The predicted molar refractivity (Wildman–Crippen MR) is 88.7 cm³/mol. The number of hydrogen-bond donors (Lipinski definition) is 2. The van der Waals surface area contributed by atoms with Crippen LogP contribution in [0.3, 0.4) is 0 Å². The number of imidazole rings is 1. The zero-order valence-electron chi connectivity index (χ0n) is 13.1. The number of nitrogens with zero attached hydrogens (tertiary/aromatic N) is 4. The number of benzene rings is 1. The van der Waals surface area contributed by atoms with Crippen molar-refractivity contribution in [1.29, 1.82) is 5.26 Å². The van der Waals surface area contributed by atoms with Gasteiger partial charge in [-0.1, -0.05) is 26.0 Å². The Hall–Kier alpha value is -2.94. The molecule has 116 valence electrons. The molecule has 0 spiro atoms. The molecule has 23 heavy (non-hydrogen) atoms. The van der Waals surface area contributed by atoms with E-state index < -0.39 is 0 Å². The van der Waals surface area contributed by atoms with Gasteiger partial charge in [-0.25, -0.2) is 4.98 Å². The van der Waals surface area contributed by atoms with Crippen molar-refractivity contribution >= 4 is 16.9 Å². The smallest absolute Gasteiger partial charge is 0.163 e. The van der Waals surface area contributed by atoms with Gasteiger partial charge in [0.05, 0.1) is 17.1 Å². The molecule has 0 radical (unpaired) electrons. The summed E-state index contributed by atoms with van der Waals surface area (Å²) >= 11 is 0. The number of para-hydroxylation sites is 2. The SMILES string of the molecule is CC(C)CC(Nc1ccc(C#N)nn1)c1nc2ccccc2[nH]1. The highest BCUT2D eigenvalue weighted by atomic mass is 15.2. The third-order valence-corrected chi connectivity index (χ3v) is 3.55. The Balaban J connectivity index is 1.88. The number of anilines is 1.